The van der Waals surface area contributed by atoms with E-state index in [1.54, 1.807) is 19.2 Å². The topological polar surface area (TPSA) is 62.1 Å². The summed E-state index contributed by atoms with van der Waals surface area (Å²) in [6.07, 6.45) is 1.12. The SMILES string of the molecule is COCC(C)NC(=O)CCc1ccc(C#N)cc1. The summed E-state index contributed by atoms with van der Waals surface area (Å²) in [5.41, 5.74) is 1.69. The summed E-state index contributed by atoms with van der Waals surface area (Å²) in [7, 11) is 1.61. The molecule has 1 amide bonds. The van der Waals surface area contributed by atoms with Crippen molar-refractivity contribution in [2.75, 3.05) is 13.7 Å². The minimum atomic E-state index is 0.0175. The van der Waals surface area contributed by atoms with Gasteiger partial charge in [-0.3, -0.25) is 4.79 Å². The summed E-state index contributed by atoms with van der Waals surface area (Å²) < 4.78 is 4.95. The van der Waals surface area contributed by atoms with E-state index >= 15 is 0 Å². The first-order valence-electron chi connectivity index (χ1n) is 5.93. The van der Waals surface area contributed by atoms with Crippen molar-refractivity contribution in [3.63, 3.8) is 0 Å². The van der Waals surface area contributed by atoms with Crippen LogP contribution in [-0.4, -0.2) is 25.7 Å². The molecule has 0 aromatic heterocycles. The molecule has 1 aromatic rings. The van der Waals surface area contributed by atoms with Crippen molar-refractivity contribution in [3.05, 3.63) is 35.4 Å². The lowest BCUT2D eigenvalue weighted by Gasteiger charge is -2.12. The van der Waals surface area contributed by atoms with Crippen LogP contribution in [-0.2, 0) is 16.0 Å². The molecule has 0 spiro atoms. The maximum Gasteiger partial charge on any atom is 0.220 e. The lowest BCUT2D eigenvalue weighted by molar-refractivity contribution is -0.122. The highest BCUT2D eigenvalue weighted by atomic mass is 16.5. The van der Waals surface area contributed by atoms with Gasteiger partial charge in [-0.15, -0.1) is 0 Å². The molecule has 18 heavy (non-hydrogen) atoms. The Kier molecular flexibility index (Phi) is 5.89. The molecule has 0 fully saturated rings. The van der Waals surface area contributed by atoms with E-state index in [4.69, 9.17) is 10.00 Å². The molecule has 96 valence electrons. The van der Waals surface area contributed by atoms with Crippen LogP contribution in [0.5, 0.6) is 0 Å². The van der Waals surface area contributed by atoms with Gasteiger partial charge in [-0.1, -0.05) is 12.1 Å². The third-order valence-electron chi connectivity index (χ3n) is 2.55. The number of carbonyl (C=O) groups is 1. The second-order valence-electron chi connectivity index (χ2n) is 4.23. The Bertz CT molecular complexity index is 420. The van der Waals surface area contributed by atoms with Crippen molar-refractivity contribution >= 4 is 5.91 Å². The van der Waals surface area contributed by atoms with Crippen LogP contribution in [0.1, 0.15) is 24.5 Å². The maximum atomic E-state index is 11.6. The van der Waals surface area contributed by atoms with E-state index < -0.39 is 0 Å². The van der Waals surface area contributed by atoms with Crippen LogP contribution in [0.4, 0.5) is 0 Å². The van der Waals surface area contributed by atoms with Gasteiger partial charge in [0.2, 0.25) is 5.91 Å². The van der Waals surface area contributed by atoms with Crippen LogP contribution < -0.4 is 5.32 Å². The molecular weight excluding hydrogens is 228 g/mol. The molecule has 1 unspecified atom stereocenters. The Morgan fingerprint density at radius 1 is 1.44 bits per heavy atom. The highest BCUT2D eigenvalue weighted by molar-refractivity contribution is 5.76. The zero-order chi connectivity index (χ0) is 13.4. The summed E-state index contributed by atoms with van der Waals surface area (Å²) in [4.78, 5) is 11.6. The van der Waals surface area contributed by atoms with Gasteiger partial charge in [0, 0.05) is 19.6 Å². The number of rotatable bonds is 6. The van der Waals surface area contributed by atoms with E-state index in [0.29, 0.717) is 25.0 Å². The van der Waals surface area contributed by atoms with Crippen molar-refractivity contribution in [1.82, 2.24) is 5.32 Å². The summed E-state index contributed by atoms with van der Waals surface area (Å²) in [5, 5.41) is 11.5. The molecule has 1 N–H and O–H groups in total. The van der Waals surface area contributed by atoms with Crippen molar-refractivity contribution in [3.8, 4) is 6.07 Å². The van der Waals surface area contributed by atoms with Crippen molar-refractivity contribution in [1.29, 1.82) is 5.26 Å². The number of aryl methyl sites for hydroxylation is 1. The number of nitrogens with one attached hydrogen (secondary N) is 1. The van der Waals surface area contributed by atoms with E-state index in [1.807, 2.05) is 19.1 Å². The molecule has 0 aliphatic heterocycles. The molecular formula is C14H18N2O2. The quantitative estimate of drug-likeness (QED) is 0.830. The number of methoxy groups -OCH3 is 1. The second kappa shape index (κ2) is 7.46. The lowest BCUT2D eigenvalue weighted by Crippen LogP contribution is -2.35. The highest BCUT2D eigenvalue weighted by Crippen LogP contribution is 2.06. The molecule has 0 aliphatic carbocycles. The molecule has 4 heteroatoms. The molecule has 1 atom stereocenters. The number of carbonyl (C=O) groups excluding carboxylic acids is 1. The van der Waals surface area contributed by atoms with Crippen LogP contribution >= 0.6 is 0 Å². The normalized spacial score (nSPS) is 11.6. The van der Waals surface area contributed by atoms with Crippen LogP contribution in [0.3, 0.4) is 0 Å². The van der Waals surface area contributed by atoms with Gasteiger partial charge in [-0.2, -0.15) is 5.26 Å². The summed E-state index contributed by atoms with van der Waals surface area (Å²) in [6, 6.07) is 9.39. The molecule has 0 radical (unpaired) electrons. The smallest absolute Gasteiger partial charge is 0.220 e. The Hall–Kier alpha value is -1.86. The molecule has 4 nitrogen and oxygen atoms in total. The predicted octanol–water partition coefficient (Wildman–Crippen LogP) is 1.64. The third-order valence-corrected chi connectivity index (χ3v) is 2.55. The van der Waals surface area contributed by atoms with Crippen LogP contribution in [0.2, 0.25) is 0 Å². The monoisotopic (exact) mass is 246 g/mol. The average Bonchev–Trinajstić information content (AvgIpc) is 2.37. The predicted molar refractivity (Wildman–Crippen MR) is 69.0 cm³/mol. The molecule has 0 heterocycles. The Morgan fingerprint density at radius 2 is 2.11 bits per heavy atom. The molecule has 1 aromatic carbocycles. The molecule has 0 saturated heterocycles. The Labute approximate surface area is 108 Å². The minimum absolute atomic E-state index is 0.0175. The first kappa shape index (κ1) is 14.2. The molecule has 0 bridgehead atoms. The molecule has 0 aliphatic rings. The summed E-state index contributed by atoms with van der Waals surface area (Å²) in [6.45, 7) is 2.42. The lowest BCUT2D eigenvalue weighted by atomic mass is 10.1. The van der Waals surface area contributed by atoms with Crippen molar-refractivity contribution < 1.29 is 9.53 Å². The van der Waals surface area contributed by atoms with Gasteiger partial charge in [0.1, 0.15) is 0 Å². The second-order valence-corrected chi connectivity index (χ2v) is 4.23. The number of nitrogens with zero attached hydrogens (tertiary/aromatic N) is 1. The fourth-order valence-electron chi connectivity index (χ4n) is 1.64. The summed E-state index contributed by atoms with van der Waals surface area (Å²) in [5.74, 6) is 0.0175. The molecule has 0 saturated carbocycles. The fourth-order valence-corrected chi connectivity index (χ4v) is 1.64. The van der Waals surface area contributed by atoms with Crippen molar-refractivity contribution in [2.24, 2.45) is 0 Å². The highest BCUT2D eigenvalue weighted by Gasteiger charge is 2.06. The van der Waals surface area contributed by atoms with Gasteiger partial charge in [-0.05, 0) is 31.0 Å². The van der Waals surface area contributed by atoms with E-state index in [1.165, 1.54) is 0 Å². The standard InChI is InChI=1S/C14H18N2O2/c1-11(10-18-2)16-14(17)8-7-12-3-5-13(9-15)6-4-12/h3-6,11H,7-8,10H2,1-2H3,(H,16,17). The van der Waals surface area contributed by atoms with Crippen molar-refractivity contribution in [2.45, 2.75) is 25.8 Å². The van der Waals surface area contributed by atoms with E-state index in [2.05, 4.69) is 11.4 Å². The third kappa shape index (κ3) is 4.98. The van der Waals surface area contributed by atoms with Gasteiger partial charge in [0.05, 0.1) is 18.2 Å². The minimum Gasteiger partial charge on any atom is -0.383 e. The number of hydrogen-bond acceptors (Lipinski definition) is 3. The van der Waals surface area contributed by atoms with E-state index in [0.717, 1.165) is 5.56 Å². The fraction of sp³-hybridized carbons (Fsp3) is 0.429. The van der Waals surface area contributed by atoms with Gasteiger partial charge in [0.25, 0.3) is 0 Å². The number of benzene rings is 1. The Balaban J connectivity index is 2.35. The largest absolute Gasteiger partial charge is 0.383 e. The zero-order valence-corrected chi connectivity index (χ0v) is 10.8. The average molecular weight is 246 g/mol. The number of ether oxygens (including phenoxy) is 1. The van der Waals surface area contributed by atoms with Crippen LogP contribution in [0.15, 0.2) is 24.3 Å². The summed E-state index contributed by atoms with van der Waals surface area (Å²) >= 11 is 0. The van der Waals surface area contributed by atoms with E-state index in [-0.39, 0.29) is 11.9 Å². The van der Waals surface area contributed by atoms with Crippen LogP contribution in [0, 0.1) is 11.3 Å². The Morgan fingerprint density at radius 3 is 2.67 bits per heavy atom. The van der Waals surface area contributed by atoms with Gasteiger partial charge in [0.15, 0.2) is 0 Å². The zero-order valence-electron chi connectivity index (χ0n) is 10.8. The number of nitriles is 1. The maximum absolute atomic E-state index is 11.6. The van der Waals surface area contributed by atoms with Gasteiger partial charge < -0.3 is 10.1 Å². The van der Waals surface area contributed by atoms with Crippen LogP contribution in [0.25, 0.3) is 0 Å². The van der Waals surface area contributed by atoms with Gasteiger partial charge in [-0.25, -0.2) is 0 Å². The number of hydrogen-bond donors (Lipinski definition) is 1. The molecule has 1 rings (SSSR count). The number of amides is 1. The first-order chi connectivity index (χ1) is 8.65. The first-order valence-corrected chi connectivity index (χ1v) is 5.93. The van der Waals surface area contributed by atoms with E-state index in [9.17, 15) is 4.79 Å². The van der Waals surface area contributed by atoms with Gasteiger partial charge >= 0.3 is 0 Å².